The third-order valence-electron chi connectivity index (χ3n) is 4.05. The van der Waals surface area contributed by atoms with Crippen molar-refractivity contribution >= 4 is 5.91 Å². The predicted molar refractivity (Wildman–Crippen MR) is 71.4 cm³/mol. The molecule has 1 saturated carbocycles. The first-order valence-electron chi connectivity index (χ1n) is 7.01. The van der Waals surface area contributed by atoms with Gasteiger partial charge in [0, 0.05) is 19.1 Å². The Labute approximate surface area is 112 Å². The molecule has 0 spiro atoms. The van der Waals surface area contributed by atoms with Gasteiger partial charge in [-0.05, 0) is 43.9 Å². The van der Waals surface area contributed by atoms with Crippen molar-refractivity contribution in [2.45, 2.75) is 25.3 Å². The van der Waals surface area contributed by atoms with Crippen LogP contribution in [0.25, 0.3) is 0 Å². The molecule has 1 amide bonds. The number of hydrogen-bond donors (Lipinski definition) is 1. The molecule has 3 nitrogen and oxygen atoms in total. The van der Waals surface area contributed by atoms with Crippen LogP contribution < -0.4 is 5.32 Å². The summed E-state index contributed by atoms with van der Waals surface area (Å²) in [5.74, 6) is -0.245. The van der Waals surface area contributed by atoms with Crippen LogP contribution in [0.1, 0.15) is 29.6 Å². The van der Waals surface area contributed by atoms with Gasteiger partial charge in [0.2, 0.25) is 0 Å². The van der Waals surface area contributed by atoms with E-state index in [9.17, 15) is 9.18 Å². The van der Waals surface area contributed by atoms with E-state index in [0.717, 1.165) is 25.6 Å². The zero-order chi connectivity index (χ0) is 13.2. The van der Waals surface area contributed by atoms with Crippen molar-refractivity contribution in [3.8, 4) is 0 Å². The van der Waals surface area contributed by atoms with Gasteiger partial charge in [-0.25, -0.2) is 4.39 Å². The Morgan fingerprint density at radius 1 is 1.32 bits per heavy atom. The maximum Gasteiger partial charge on any atom is 0.254 e. The summed E-state index contributed by atoms with van der Waals surface area (Å²) in [6, 6.07) is 6.92. The van der Waals surface area contributed by atoms with Crippen LogP contribution in [0.3, 0.4) is 0 Å². The molecule has 1 aliphatic heterocycles. The lowest BCUT2D eigenvalue weighted by Crippen LogP contribution is -2.31. The molecule has 1 N–H and O–H groups in total. The highest BCUT2D eigenvalue weighted by Gasteiger charge is 2.34. The van der Waals surface area contributed by atoms with Crippen molar-refractivity contribution in [2.75, 3.05) is 19.6 Å². The molecule has 1 aromatic rings. The molecule has 1 heterocycles. The zero-order valence-corrected chi connectivity index (χ0v) is 10.9. The van der Waals surface area contributed by atoms with Gasteiger partial charge in [-0.3, -0.25) is 4.79 Å². The van der Waals surface area contributed by atoms with Crippen LogP contribution in [0.5, 0.6) is 0 Å². The number of nitrogens with zero attached hydrogens (tertiary/aromatic N) is 1. The molecule has 4 heteroatoms. The summed E-state index contributed by atoms with van der Waals surface area (Å²) in [6.45, 7) is 2.86. The Balaban J connectivity index is 1.50. The third kappa shape index (κ3) is 2.95. The van der Waals surface area contributed by atoms with Gasteiger partial charge in [-0.1, -0.05) is 12.1 Å². The number of amides is 1. The fourth-order valence-electron chi connectivity index (χ4n) is 2.78. The summed E-state index contributed by atoms with van der Waals surface area (Å²) in [4.78, 5) is 14.4. The SMILES string of the molecule is O=C(NC[C@H]1CCN(C2CC2)C1)c1ccccc1F. The van der Waals surface area contributed by atoms with Crippen molar-refractivity contribution in [1.82, 2.24) is 10.2 Å². The van der Waals surface area contributed by atoms with Crippen molar-refractivity contribution in [1.29, 1.82) is 0 Å². The molecule has 1 aliphatic carbocycles. The molecule has 2 aliphatic rings. The van der Waals surface area contributed by atoms with Crippen LogP contribution in [0.2, 0.25) is 0 Å². The number of carbonyl (C=O) groups excluding carboxylic acids is 1. The lowest BCUT2D eigenvalue weighted by atomic mass is 10.1. The monoisotopic (exact) mass is 262 g/mol. The Hall–Kier alpha value is -1.42. The highest BCUT2D eigenvalue weighted by molar-refractivity contribution is 5.94. The number of halogens is 1. The van der Waals surface area contributed by atoms with Gasteiger partial charge >= 0.3 is 0 Å². The van der Waals surface area contributed by atoms with Crippen LogP contribution in [0, 0.1) is 11.7 Å². The fraction of sp³-hybridized carbons (Fsp3) is 0.533. The van der Waals surface area contributed by atoms with Crippen LogP contribution in [-0.2, 0) is 0 Å². The third-order valence-corrected chi connectivity index (χ3v) is 4.05. The van der Waals surface area contributed by atoms with Gasteiger partial charge in [0.1, 0.15) is 5.82 Å². The molecular weight excluding hydrogens is 243 g/mol. The predicted octanol–water partition coefficient (Wildman–Crippen LogP) is 2.04. The molecule has 3 rings (SSSR count). The lowest BCUT2D eigenvalue weighted by molar-refractivity contribution is 0.0943. The van der Waals surface area contributed by atoms with E-state index in [1.807, 2.05) is 0 Å². The molecule has 0 radical (unpaired) electrons. The normalized spacial score (nSPS) is 23.5. The van der Waals surface area contributed by atoms with Gasteiger partial charge in [0.25, 0.3) is 5.91 Å². The number of nitrogens with one attached hydrogen (secondary N) is 1. The quantitative estimate of drug-likeness (QED) is 0.900. The molecule has 102 valence electrons. The minimum atomic E-state index is -0.453. The fourth-order valence-corrected chi connectivity index (χ4v) is 2.78. The van der Waals surface area contributed by atoms with Gasteiger partial charge in [-0.15, -0.1) is 0 Å². The molecule has 1 saturated heterocycles. The highest BCUT2D eigenvalue weighted by Crippen LogP contribution is 2.31. The minimum absolute atomic E-state index is 0.138. The van der Waals surface area contributed by atoms with Gasteiger partial charge < -0.3 is 10.2 Å². The molecule has 1 aromatic carbocycles. The van der Waals surface area contributed by atoms with E-state index >= 15 is 0 Å². The maximum atomic E-state index is 13.4. The van der Waals surface area contributed by atoms with E-state index in [1.165, 1.54) is 25.0 Å². The molecule has 2 fully saturated rings. The van der Waals surface area contributed by atoms with Crippen molar-refractivity contribution in [3.05, 3.63) is 35.6 Å². The topological polar surface area (TPSA) is 32.3 Å². The van der Waals surface area contributed by atoms with Crippen molar-refractivity contribution < 1.29 is 9.18 Å². The van der Waals surface area contributed by atoms with Crippen molar-refractivity contribution in [3.63, 3.8) is 0 Å². The maximum absolute atomic E-state index is 13.4. The summed E-state index contributed by atoms with van der Waals surface area (Å²) < 4.78 is 13.4. The first-order valence-corrected chi connectivity index (χ1v) is 7.01. The number of hydrogen-bond acceptors (Lipinski definition) is 2. The number of rotatable bonds is 4. The van der Waals surface area contributed by atoms with Gasteiger partial charge in [0.05, 0.1) is 5.56 Å². The lowest BCUT2D eigenvalue weighted by Gasteiger charge is -2.15. The van der Waals surface area contributed by atoms with Gasteiger partial charge in [0.15, 0.2) is 0 Å². The molecular formula is C15H19FN2O. The van der Waals surface area contributed by atoms with Crippen molar-refractivity contribution in [2.24, 2.45) is 5.92 Å². The van der Waals surface area contributed by atoms with E-state index in [2.05, 4.69) is 10.2 Å². The Bertz CT molecular complexity index is 473. The second-order valence-electron chi connectivity index (χ2n) is 5.57. The first-order chi connectivity index (χ1) is 9.24. The summed E-state index contributed by atoms with van der Waals surface area (Å²) in [5.41, 5.74) is 0.138. The highest BCUT2D eigenvalue weighted by atomic mass is 19.1. The second kappa shape index (κ2) is 5.29. The van der Waals surface area contributed by atoms with Crippen LogP contribution in [-0.4, -0.2) is 36.5 Å². The molecule has 0 unspecified atom stereocenters. The van der Waals surface area contributed by atoms with E-state index < -0.39 is 5.82 Å². The van der Waals surface area contributed by atoms with E-state index in [-0.39, 0.29) is 11.5 Å². The standard InChI is InChI=1S/C15H19FN2O/c16-14-4-2-1-3-13(14)15(19)17-9-11-7-8-18(10-11)12-5-6-12/h1-4,11-12H,5-10H2,(H,17,19)/t11-/m1/s1. The summed E-state index contributed by atoms with van der Waals surface area (Å²) >= 11 is 0. The summed E-state index contributed by atoms with van der Waals surface area (Å²) in [6.07, 6.45) is 3.79. The Morgan fingerprint density at radius 2 is 2.11 bits per heavy atom. The summed E-state index contributed by atoms with van der Waals surface area (Å²) in [5, 5.41) is 2.86. The number of likely N-dealkylation sites (tertiary alicyclic amines) is 1. The zero-order valence-electron chi connectivity index (χ0n) is 10.9. The largest absolute Gasteiger partial charge is 0.352 e. The smallest absolute Gasteiger partial charge is 0.254 e. The van der Waals surface area contributed by atoms with Crippen LogP contribution >= 0.6 is 0 Å². The second-order valence-corrected chi connectivity index (χ2v) is 5.57. The van der Waals surface area contributed by atoms with Gasteiger partial charge in [-0.2, -0.15) is 0 Å². The summed E-state index contributed by atoms with van der Waals surface area (Å²) in [7, 11) is 0. The first kappa shape index (κ1) is 12.6. The van der Waals surface area contributed by atoms with E-state index in [0.29, 0.717) is 12.5 Å². The average Bonchev–Trinajstić information content (AvgIpc) is 3.16. The minimum Gasteiger partial charge on any atom is -0.352 e. The van der Waals surface area contributed by atoms with Crippen LogP contribution in [0.15, 0.2) is 24.3 Å². The number of benzene rings is 1. The molecule has 0 bridgehead atoms. The van der Waals surface area contributed by atoms with E-state index in [1.54, 1.807) is 12.1 Å². The average molecular weight is 262 g/mol. The molecule has 19 heavy (non-hydrogen) atoms. The van der Waals surface area contributed by atoms with E-state index in [4.69, 9.17) is 0 Å². The Morgan fingerprint density at radius 3 is 2.84 bits per heavy atom. The Kier molecular flexibility index (Phi) is 3.51. The molecule has 0 aromatic heterocycles. The van der Waals surface area contributed by atoms with Crippen LogP contribution in [0.4, 0.5) is 4.39 Å². The number of carbonyl (C=O) groups is 1. The molecule has 1 atom stereocenters.